The summed E-state index contributed by atoms with van der Waals surface area (Å²) in [5.74, 6) is 0.213. The number of likely N-dealkylation sites (N-methyl/N-ethyl adjacent to an activating group) is 1. The molecule has 10 heteroatoms. The number of H-pyrrole nitrogens is 1. The number of rotatable bonds is 6. The first kappa shape index (κ1) is 21.5. The van der Waals surface area contributed by atoms with Crippen molar-refractivity contribution >= 4 is 23.3 Å². The minimum Gasteiger partial charge on any atom is -0.347 e. The first-order valence-corrected chi connectivity index (χ1v) is 9.35. The largest absolute Gasteiger partial charge is 0.357 e. The molecule has 1 aromatic heterocycles. The normalized spacial score (nSPS) is 15.2. The van der Waals surface area contributed by atoms with E-state index in [9.17, 15) is 19.7 Å². The van der Waals surface area contributed by atoms with Crippen molar-refractivity contribution in [3.05, 3.63) is 28.4 Å². The van der Waals surface area contributed by atoms with Gasteiger partial charge in [-0.15, -0.1) is 0 Å². The smallest absolute Gasteiger partial charge is 0.347 e. The molecule has 2 amide bonds. The number of quaternary nitrogens is 1. The van der Waals surface area contributed by atoms with Crippen molar-refractivity contribution in [1.82, 2.24) is 10.2 Å². The molecule has 1 aromatic rings. The molecule has 28 heavy (non-hydrogen) atoms. The Bertz CT molecular complexity index is 725. The van der Waals surface area contributed by atoms with Crippen LogP contribution in [0.2, 0.25) is 0 Å². The van der Waals surface area contributed by atoms with Crippen molar-refractivity contribution < 1.29 is 24.4 Å². The zero-order valence-electron chi connectivity index (χ0n) is 16.9. The van der Waals surface area contributed by atoms with Crippen molar-refractivity contribution in [2.24, 2.45) is 0 Å². The second-order valence-electron chi connectivity index (χ2n) is 8.12. The molecule has 1 saturated heterocycles. The molecule has 0 saturated carbocycles. The van der Waals surface area contributed by atoms with Crippen LogP contribution in [0, 0.1) is 10.1 Å². The van der Waals surface area contributed by atoms with Gasteiger partial charge in [0.05, 0.1) is 44.3 Å². The Morgan fingerprint density at radius 1 is 1.36 bits per heavy atom. The van der Waals surface area contributed by atoms with Gasteiger partial charge in [-0.05, 0) is 26.8 Å². The number of carbonyl (C=O) groups excluding carboxylic acids is 2. The quantitative estimate of drug-likeness (QED) is 0.450. The second-order valence-corrected chi connectivity index (χ2v) is 8.12. The predicted octanol–water partition coefficient (Wildman–Crippen LogP) is -1.51. The Hall–Kier alpha value is -2.75. The van der Waals surface area contributed by atoms with Gasteiger partial charge in [-0.1, -0.05) is 0 Å². The number of nitrogens with zero attached hydrogens (tertiary/aromatic N) is 3. The zero-order chi connectivity index (χ0) is 20.9. The van der Waals surface area contributed by atoms with Crippen molar-refractivity contribution in [3.63, 3.8) is 0 Å². The number of amides is 2. The molecule has 1 fully saturated rings. The SMILES string of the molecule is CN(CC(=O)N1CC[NH+](CC(=O)NC(C)(C)C)CC1)c1[nH+]cccc1[N+](=O)[O-]. The van der Waals surface area contributed by atoms with Gasteiger partial charge in [0, 0.05) is 11.6 Å². The lowest BCUT2D eigenvalue weighted by Crippen LogP contribution is -3.16. The zero-order valence-corrected chi connectivity index (χ0v) is 16.9. The van der Waals surface area contributed by atoms with Gasteiger partial charge in [0.1, 0.15) is 0 Å². The monoisotopic (exact) mass is 394 g/mol. The number of hydrogen-bond acceptors (Lipinski definition) is 5. The van der Waals surface area contributed by atoms with Crippen LogP contribution in [0.15, 0.2) is 18.3 Å². The average Bonchev–Trinajstić information content (AvgIpc) is 2.60. The van der Waals surface area contributed by atoms with Crippen LogP contribution >= 0.6 is 0 Å². The van der Waals surface area contributed by atoms with E-state index in [-0.39, 0.29) is 29.6 Å². The number of aromatic nitrogens is 1. The average molecular weight is 394 g/mol. The summed E-state index contributed by atoms with van der Waals surface area (Å²) in [5, 5.41) is 14.1. The molecular formula is C18H30N6O4+2. The lowest BCUT2D eigenvalue weighted by atomic mass is 10.1. The number of anilines is 1. The van der Waals surface area contributed by atoms with E-state index in [0.717, 1.165) is 4.90 Å². The van der Waals surface area contributed by atoms with Crippen molar-refractivity contribution in [2.45, 2.75) is 26.3 Å². The summed E-state index contributed by atoms with van der Waals surface area (Å²) in [6, 6.07) is 2.95. The van der Waals surface area contributed by atoms with Crippen LogP contribution in [0.5, 0.6) is 0 Å². The van der Waals surface area contributed by atoms with Crippen LogP contribution < -0.4 is 20.1 Å². The standard InChI is InChI=1S/C18H28N6O4/c1-18(2,3)20-15(25)12-22-8-10-23(11-9-22)16(26)13-21(4)17-14(24(27)28)6-5-7-19-17/h5-7H,8-13H2,1-4H3,(H,20,25)/p+2. The van der Waals surface area contributed by atoms with Gasteiger partial charge in [0.25, 0.3) is 11.8 Å². The highest BCUT2D eigenvalue weighted by Gasteiger charge is 2.30. The number of carbonyl (C=O) groups is 2. The van der Waals surface area contributed by atoms with Crippen molar-refractivity contribution in [3.8, 4) is 0 Å². The Morgan fingerprint density at radius 3 is 2.57 bits per heavy atom. The fourth-order valence-corrected chi connectivity index (χ4v) is 3.19. The summed E-state index contributed by atoms with van der Waals surface area (Å²) < 4.78 is 0. The summed E-state index contributed by atoms with van der Waals surface area (Å²) in [5.41, 5.74) is -0.326. The number of piperazine rings is 1. The third-order valence-corrected chi connectivity index (χ3v) is 4.51. The summed E-state index contributed by atoms with van der Waals surface area (Å²) in [6.07, 6.45) is 1.59. The third-order valence-electron chi connectivity index (χ3n) is 4.51. The van der Waals surface area contributed by atoms with Crippen molar-refractivity contribution in [1.29, 1.82) is 0 Å². The van der Waals surface area contributed by atoms with E-state index in [4.69, 9.17) is 0 Å². The van der Waals surface area contributed by atoms with Gasteiger partial charge in [-0.2, -0.15) is 0 Å². The molecule has 0 radical (unpaired) electrons. The van der Waals surface area contributed by atoms with Gasteiger partial charge < -0.3 is 15.1 Å². The first-order chi connectivity index (χ1) is 13.1. The number of nitro groups is 1. The molecular weight excluding hydrogens is 364 g/mol. The predicted molar refractivity (Wildman–Crippen MR) is 103 cm³/mol. The highest BCUT2D eigenvalue weighted by atomic mass is 16.6. The first-order valence-electron chi connectivity index (χ1n) is 9.35. The molecule has 0 atom stereocenters. The maximum atomic E-state index is 12.6. The molecule has 0 aromatic carbocycles. The molecule has 10 nitrogen and oxygen atoms in total. The van der Waals surface area contributed by atoms with E-state index in [1.54, 1.807) is 29.1 Å². The van der Waals surface area contributed by atoms with E-state index in [0.29, 0.717) is 38.5 Å². The molecule has 154 valence electrons. The Balaban J connectivity index is 1.85. The molecule has 1 aliphatic rings. The summed E-state index contributed by atoms with van der Waals surface area (Å²) in [6.45, 7) is 8.79. The molecule has 0 aliphatic carbocycles. The fraction of sp³-hybridized carbons (Fsp3) is 0.611. The fourth-order valence-electron chi connectivity index (χ4n) is 3.19. The number of aromatic amines is 1. The lowest BCUT2D eigenvalue weighted by molar-refractivity contribution is -0.896. The molecule has 3 N–H and O–H groups in total. The molecule has 2 rings (SSSR count). The van der Waals surface area contributed by atoms with Crippen LogP contribution in [0.25, 0.3) is 0 Å². The molecule has 2 heterocycles. The number of pyridine rings is 1. The summed E-state index contributed by atoms with van der Waals surface area (Å²) >= 11 is 0. The molecule has 0 bridgehead atoms. The highest BCUT2D eigenvalue weighted by molar-refractivity contribution is 5.81. The van der Waals surface area contributed by atoms with E-state index >= 15 is 0 Å². The Morgan fingerprint density at radius 2 is 2.00 bits per heavy atom. The van der Waals surface area contributed by atoms with Crippen LogP contribution in [-0.4, -0.2) is 73.5 Å². The van der Waals surface area contributed by atoms with Gasteiger partial charge in [-0.3, -0.25) is 19.7 Å². The lowest BCUT2D eigenvalue weighted by Gasteiger charge is -2.32. The van der Waals surface area contributed by atoms with Crippen LogP contribution in [0.1, 0.15) is 20.8 Å². The topological polar surface area (TPSA) is 114 Å². The molecule has 1 aliphatic heterocycles. The van der Waals surface area contributed by atoms with Crippen molar-refractivity contribution in [2.75, 3.05) is 51.2 Å². The highest BCUT2D eigenvalue weighted by Crippen LogP contribution is 2.20. The molecule has 0 spiro atoms. The van der Waals surface area contributed by atoms with Crippen LogP contribution in [0.4, 0.5) is 11.5 Å². The van der Waals surface area contributed by atoms with Crippen LogP contribution in [-0.2, 0) is 9.59 Å². The minimum atomic E-state index is -0.475. The number of hydrogen-bond donors (Lipinski definition) is 2. The Labute approximate surface area is 164 Å². The summed E-state index contributed by atoms with van der Waals surface area (Å²) in [7, 11) is 1.65. The van der Waals surface area contributed by atoms with E-state index < -0.39 is 4.92 Å². The molecule has 0 unspecified atom stereocenters. The maximum Gasteiger partial charge on any atom is 0.357 e. The van der Waals surface area contributed by atoms with Gasteiger partial charge >= 0.3 is 11.5 Å². The second kappa shape index (κ2) is 8.96. The van der Waals surface area contributed by atoms with Gasteiger partial charge in [-0.25, -0.2) is 9.88 Å². The minimum absolute atomic E-state index is 0.00827. The number of nitrogens with one attached hydrogen (secondary N) is 3. The van der Waals surface area contributed by atoms with Gasteiger partial charge in [0.15, 0.2) is 13.1 Å². The van der Waals surface area contributed by atoms with E-state index in [2.05, 4.69) is 10.3 Å². The van der Waals surface area contributed by atoms with Gasteiger partial charge in [0.2, 0.25) is 0 Å². The van der Waals surface area contributed by atoms with E-state index in [1.807, 2.05) is 20.8 Å². The van der Waals surface area contributed by atoms with Crippen LogP contribution in [0.3, 0.4) is 0 Å². The maximum absolute atomic E-state index is 12.6. The van der Waals surface area contributed by atoms with E-state index in [1.165, 1.54) is 6.07 Å². The third kappa shape index (κ3) is 6.15. The summed E-state index contributed by atoms with van der Waals surface area (Å²) in [4.78, 5) is 42.6. The Kier molecular flexibility index (Phi) is 6.90.